The van der Waals surface area contributed by atoms with Crippen LogP contribution in [0.15, 0.2) is 6.33 Å². The summed E-state index contributed by atoms with van der Waals surface area (Å²) in [4.78, 5) is 11.2. The second kappa shape index (κ2) is 5.34. The molecule has 0 radical (unpaired) electrons. The van der Waals surface area contributed by atoms with Gasteiger partial charge in [-0.1, -0.05) is 6.92 Å². The summed E-state index contributed by atoms with van der Waals surface area (Å²) in [5.41, 5.74) is 1.18. The van der Waals surface area contributed by atoms with Crippen molar-refractivity contribution in [3.63, 3.8) is 0 Å². The fraction of sp³-hybridized carbons (Fsp3) is 0.692. The zero-order valence-corrected chi connectivity index (χ0v) is 11.0. The van der Waals surface area contributed by atoms with Crippen LogP contribution in [-0.4, -0.2) is 29.1 Å². The van der Waals surface area contributed by atoms with E-state index >= 15 is 0 Å². The van der Waals surface area contributed by atoms with Gasteiger partial charge in [-0.05, 0) is 33.1 Å². The van der Waals surface area contributed by atoms with Crippen LogP contribution in [-0.2, 0) is 0 Å². The molecule has 1 aromatic heterocycles. The van der Waals surface area contributed by atoms with E-state index in [4.69, 9.17) is 0 Å². The van der Waals surface area contributed by atoms with Gasteiger partial charge in [0.25, 0.3) is 0 Å². The molecule has 1 aliphatic rings. The van der Waals surface area contributed by atoms with Crippen molar-refractivity contribution in [2.24, 2.45) is 0 Å². The highest BCUT2D eigenvalue weighted by atomic mass is 15.2. The SMILES string of the molecule is CCCNc1ncnc(N(CC)C2CC2)c1C. The first-order valence-corrected chi connectivity index (χ1v) is 6.60. The first-order valence-electron chi connectivity index (χ1n) is 6.60. The molecule has 1 aromatic rings. The minimum Gasteiger partial charge on any atom is -0.370 e. The molecule has 2 rings (SSSR count). The first kappa shape index (κ1) is 12.1. The van der Waals surface area contributed by atoms with Gasteiger partial charge in [0.1, 0.15) is 18.0 Å². The number of hydrogen-bond acceptors (Lipinski definition) is 4. The van der Waals surface area contributed by atoms with Gasteiger partial charge < -0.3 is 10.2 Å². The predicted molar refractivity (Wildman–Crippen MR) is 71.6 cm³/mol. The fourth-order valence-corrected chi connectivity index (χ4v) is 2.12. The van der Waals surface area contributed by atoms with Crippen LogP contribution in [0.4, 0.5) is 11.6 Å². The fourth-order valence-electron chi connectivity index (χ4n) is 2.12. The van der Waals surface area contributed by atoms with E-state index in [9.17, 15) is 0 Å². The molecule has 1 fully saturated rings. The topological polar surface area (TPSA) is 41.1 Å². The smallest absolute Gasteiger partial charge is 0.137 e. The lowest BCUT2D eigenvalue weighted by Crippen LogP contribution is -2.27. The summed E-state index contributed by atoms with van der Waals surface area (Å²) in [7, 11) is 0. The predicted octanol–water partition coefficient (Wildman–Crippen LogP) is 2.60. The van der Waals surface area contributed by atoms with E-state index in [-0.39, 0.29) is 0 Å². The van der Waals surface area contributed by atoms with Crippen LogP contribution in [0, 0.1) is 6.92 Å². The molecule has 0 saturated heterocycles. The molecule has 0 unspecified atom stereocenters. The van der Waals surface area contributed by atoms with Crippen LogP contribution < -0.4 is 10.2 Å². The van der Waals surface area contributed by atoms with Crippen LogP contribution in [0.25, 0.3) is 0 Å². The number of aromatic nitrogens is 2. The maximum Gasteiger partial charge on any atom is 0.137 e. The number of hydrogen-bond donors (Lipinski definition) is 1. The Morgan fingerprint density at radius 2 is 2.12 bits per heavy atom. The highest BCUT2D eigenvalue weighted by Gasteiger charge is 2.30. The third kappa shape index (κ3) is 2.68. The lowest BCUT2D eigenvalue weighted by molar-refractivity contribution is 0.799. The van der Waals surface area contributed by atoms with E-state index in [1.165, 1.54) is 18.4 Å². The van der Waals surface area contributed by atoms with Crippen molar-refractivity contribution in [2.75, 3.05) is 23.3 Å². The summed E-state index contributed by atoms with van der Waals surface area (Å²) < 4.78 is 0. The van der Waals surface area contributed by atoms with Gasteiger partial charge in [0.05, 0.1) is 0 Å². The molecule has 1 heterocycles. The van der Waals surface area contributed by atoms with Crippen LogP contribution >= 0.6 is 0 Å². The summed E-state index contributed by atoms with van der Waals surface area (Å²) in [6, 6.07) is 0.702. The third-order valence-corrected chi connectivity index (χ3v) is 3.20. The normalized spacial score (nSPS) is 14.8. The molecule has 4 nitrogen and oxygen atoms in total. The molecule has 1 N–H and O–H groups in total. The maximum absolute atomic E-state index is 4.45. The van der Waals surface area contributed by atoms with Crippen molar-refractivity contribution >= 4 is 11.6 Å². The van der Waals surface area contributed by atoms with Crippen molar-refractivity contribution < 1.29 is 0 Å². The third-order valence-electron chi connectivity index (χ3n) is 3.20. The van der Waals surface area contributed by atoms with Gasteiger partial charge in [0.15, 0.2) is 0 Å². The van der Waals surface area contributed by atoms with E-state index in [0.717, 1.165) is 31.1 Å². The Morgan fingerprint density at radius 3 is 2.71 bits per heavy atom. The lowest BCUT2D eigenvalue weighted by atomic mass is 10.2. The quantitative estimate of drug-likeness (QED) is 0.821. The van der Waals surface area contributed by atoms with Gasteiger partial charge in [-0.15, -0.1) is 0 Å². The Balaban J connectivity index is 2.20. The van der Waals surface area contributed by atoms with Gasteiger partial charge in [0, 0.05) is 24.7 Å². The molecule has 94 valence electrons. The van der Waals surface area contributed by atoms with E-state index in [2.05, 4.69) is 41.0 Å². The van der Waals surface area contributed by atoms with Crippen molar-refractivity contribution in [2.45, 2.75) is 46.1 Å². The minimum absolute atomic E-state index is 0.702. The zero-order valence-electron chi connectivity index (χ0n) is 11.0. The van der Waals surface area contributed by atoms with Gasteiger partial charge in [-0.25, -0.2) is 9.97 Å². The molecule has 1 saturated carbocycles. The summed E-state index contributed by atoms with van der Waals surface area (Å²) in [5, 5.41) is 3.36. The van der Waals surface area contributed by atoms with Crippen molar-refractivity contribution in [3.8, 4) is 0 Å². The summed E-state index contributed by atoms with van der Waals surface area (Å²) in [6.07, 6.45) is 5.38. The van der Waals surface area contributed by atoms with Crippen molar-refractivity contribution in [1.82, 2.24) is 9.97 Å². The summed E-state index contributed by atoms with van der Waals surface area (Å²) >= 11 is 0. The second-order valence-corrected chi connectivity index (χ2v) is 4.61. The molecule has 4 heteroatoms. The highest BCUT2D eigenvalue weighted by molar-refractivity contribution is 5.58. The monoisotopic (exact) mass is 234 g/mol. The van der Waals surface area contributed by atoms with Crippen molar-refractivity contribution in [1.29, 1.82) is 0 Å². The Bertz CT molecular complexity index is 374. The first-order chi connectivity index (χ1) is 8.27. The Labute approximate surface area is 103 Å². The van der Waals surface area contributed by atoms with E-state index in [1.54, 1.807) is 6.33 Å². The molecular weight excluding hydrogens is 212 g/mol. The van der Waals surface area contributed by atoms with E-state index in [0.29, 0.717) is 6.04 Å². The lowest BCUT2D eigenvalue weighted by Gasteiger charge is -2.24. The number of rotatable bonds is 6. The minimum atomic E-state index is 0.702. The number of anilines is 2. The summed E-state index contributed by atoms with van der Waals surface area (Å²) in [6.45, 7) is 8.45. The highest BCUT2D eigenvalue weighted by Crippen LogP contribution is 2.33. The molecule has 0 spiro atoms. The van der Waals surface area contributed by atoms with Gasteiger partial charge >= 0.3 is 0 Å². The Morgan fingerprint density at radius 1 is 1.35 bits per heavy atom. The van der Waals surface area contributed by atoms with Crippen LogP contribution in [0.5, 0.6) is 0 Å². The average Bonchev–Trinajstić information content (AvgIpc) is 3.15. The van der Waals surface area contributed by atoms with E-state index < -0.39 is 0 Å². The van der Waals surface area contributed by atoms with Crippen LogP contribution in [0.3, 0.4) is 0 Å². The van der Waals surface area contributed by atoms with Gasteiger partial charge in [-0.3, -0.25) is 0 Å². The zero-order chi connectivity index (χ0) is 12.3. The molecule has 1 aliphatic carbocycles. The molecule has 0 aliphatic heterocycles. The van der Waals surface area contributed by atoms with Crippen molar-refractivity contribution in [3.05, 3.63) is 11.9 Å². The largest absolute Gasteiger partial charge is 0.370 e. The molecule has 0 aromatic carbocycles. The van der Waals surface area contributed by atoms with Gasteiger partial charge in [-0.2, -0.15) is 0 Å². The maximum atomic E-state index is 4.45. The molecule has 0 bridgehead atoms. The molecule has 0 atom stereocenters. The summed E-state index contributed by atoms with van der Waals surface area (Å²) in [5.74, 6) is 2.08. The standard InChI is InChI=1S/C13H22N4/c1-4-8-14-12-10(3)13(16-9-15-12)17(5-2)11-6-7-11/h9,11H,4-8H2,1-3H3,(H,14,15,16). The number of nitrogens with zero attached hydrogens (tertiary/aromatic N) is 3. The molecular formula is C13H22N4. The Kier molecular flexibility index (Phi) is 3.82. The van der Waals surface area contributed by atoms with Gasteiger partial charge in [0.2, 0.25) is 0 Å². The van der Waals surface area contributed by atoms with E-state index in [1.807, 2.05) is 0 Å². The molecule has 0 amide bonds. The van der Waals surface area contributed by atoms with Crippen LogP contribution in [0.1, 0.15) is 38.7 Å². The Hall–Kier alpha value is -1.32. The number of nitrogens with one attached hydrogen (secondary N) is 1. The average molecular weight is 234 g/mol. The molecule has 17 heavy (non-hydrogen) atoms. The van der Waals surface area contributed by atoms with Crippen LogP contribution in [0.2, 0.25) is 0 Å². The second-order valence-electron chi connectivity index (χ2n) is 4.61.